The number of hydrogen-bond acceptors (Lipinski definition) is 2. The number of rotatable bonds is 3. The van der Waals surface area contributed by atoms with E-state index in [1.165, 1.54) is 77.3 Å². The number of likely N-dealkylation sites (tertiary alicyclic amines) is 1. The normalized spacial score (nSPS) is 38.0. The number of urea groups is 1. The Morgan fingerprint density at radius 3 is 2.24 bits per heavy atom. The Bertz CT molecular complexity index is 464. The van der Waals surface area contributed by atoms with Crippen LogP contribution in [0.1, 0.15) is 78.1 Å². The minimum atomic E-state index is 0.229. The van der Waals surface area contributed by atoms with E-state index < -0.39 is 0 Å². The van der Waals surface area contributed by atoms with Gasteiger partial charge in [0.1, 0.15) is 0 Å². The molecule has 0 radical (unpaired) electrons. The predicted molar refractivity (Wildman–Crippen MR) is 102 cm³/mol. The van der Waals surface area contributed by atoms with Crippen LogP contribution in [0.4, 0.5) is 4.79 Å². The van der Waals surface area contributed by atoms with Crippen molar-refractivity contribution in [2.75, 3.05) is 13.1 Å². The van der Waals surface area contributed by atoms with Gasteiger partial charge in [-0.15, -0.1) is 0 Å². The van der Waals surface area contributed by atoms with Gasteiger partial charge in [-0.05, 0) is 63.2 Å². The van der Waals surface area contributed by atoms with E-state index in [1.807, 2.05) is 0 Å². The molecule has 4 nitrogen and oxygen atoms in total. The topological polar surface area (TPSA) is 35.6 Å². The van der Waals surface area contributed by atoms with Gasteiger partial charge in [0.25, 0.3) is 0 Å². The third kappa shape index (κ3) is 3.56. The van der Waals surface area contributed by atoms with Crippen LogP contribution >= 0.6 is 0 Å². The van der Waals surface area contributed by atoms with E-state index in [0.29, 0.717) is 18.1 Å². The summed E-state index contributed by atoms with van der Waals surface area (Å²) in [5.74, 6) is 1.80. The summed E-state index contributed by atoms with van der Waals surface area (Å²) in [5, 5.41) is 3.27. The summed E-state index contributed by atoms with van der Waals surface area (Å²) >= 11 is 0. The zero-order valence-electron chi connectivity index (χ0n) is 16.3. The van der Waals surface area contributed by atoms with E-state index in [-0.39, 0.29) is 6.03 Å². The maximum Gasteiger partial charge on any atom is 0.318 e. The molecule has 2 saturated heterocycles. The second kappa shape index (κ2) is 7.46. The number of nitrogens with one attached hydrogen (secondary N) is 1. The van der Waals surface area contributed by atoms with Crippen molar-refractivity contribution < 1.29 is 4.79 Å². The fourth-order valence-corrected chi connectivity index (χ4v) is 6.10. The van der Waals surface area contributed by atoms with Crippen molar-refractivity contribution in [2.45, 2.75) is 102 Å². The van der Waals surface area contributed by atoms with Crippen molar-refractivity contribution >= 4 is 6.03 Å². The van der Waals surface area contributed by atoms with Gasteiger partial charge in [0.05, 0.1) is 12.1 Å². The average Bonchev–Trinajstić information content (AvgIpc) is 2.97. The molecule has 0 aromatic heterocycles. The Hall–Kier alpha value is -0.770. The van der Waals surface area contributed by atoms with Gasteiger partial charge in [0.2, 0.25) is 0 Å². The monoisotopic (exact) mass is 347 g/mol. The van der Waals surface area contributed by atoms with Gasteiger partial charge in [0, 0.05) is 25.2 Å². The van der Waals surface area contributed by atoms with E-state index in [9.17, 15) is 4.79 Å². The summed E-state index contributed by atoms with van der Waals surface area (Å²) in [4.78, 5) is 17.5. The second-order valence-electron chi connectivity index (χ2n) is 9.39. The van der Waals surface area contributed by atoms with Crippen LogP contribution in [0.25, 0.3) is 0 Å². The van der Waals surface area contributed by atoms with E-state index in [4.69, 9.17) is 0 Å². The molecule has 2 aliphatic heterocycles. The molecule has 2 atom stereocenters. The van der Waals surface area contributed by atoms with Crippen molar-refractivity contribution in [1.82, 2.24) is 15.1 Å². The highest BCUT2D eigenvalue weighted by Crippen LogP contribution is 2.35. The SMILES string of the molecule is CC(C)C1CCC(N2CCC(N3C(=O)N[C@@H]4CCCC[C@H]43)CC2)CC1. The van der Waals surface area contributed by atoms with Crippen LogP contribution in [-0.2, 0) is 0 Å². The molecule has 25 heavy (non-hydrogen) atoms. The number of nitrogens with zero attached hydrogens (tertiary/aromatic N) is 2. The molecule has 2 saturated carbocycles. The fraction of sp³-hybridized carbons (Fsp3) is 0.952. The van der Waals surface area contributed by atoms with Crippen molar-refractivity contribution in [2.24, 2.45) is 11.8 Å². The minimum Gasteiger partial charge on any atom is -0.333 e. The maximum atomic E-state index is 12.5. The Labute approximate surface area is 153 Å². The molecule has 0 aromatic rings. The molecule has 142 valence electrons. The first-order chi connectivity index (χ1) is 12.1. The third-order valence-corrected chi connectivity index (χ3v) is 7.72. The molecule has 4 heteroatoms. The quantitative estimate of drug-likeness (QED) is 0.837. The van der Waals surface area contributed by atoms with Crippen LogP contribution in [0.15, 0.2) is 0 Å². The Morgan fingerprint density at radius 2 is 1.56 bits per heavy atom. The van der Waals surface area contributed by atoms with E-state index >= 15 is 0 Å². The van der Waals surface area contributed by atoms with Gasteiger partial charge in [-0.25, -0.2) is 4.79 Å². The van der Waals surface area contributed by atoms with Gasteiger partial charge in [-0.2, -0.15) is 0 Å². The van der Waals surface area contributed by atoms with Crippen molar-refractivity contribution in [3.63, 3.8) is 0 Å². The molecule has 0 unspecified atom stereocenters. The van der Waals surface area contributed by atoms with Crippen molar-refractivity contribution in [1.29, 1.82) is 0 Å². The van der Waals surface area contributed by atoms with Gasteiger partial charge in [-0.3, -0.25) is 0 Å². The number of carbonyl (C=O) groups excluding carboxylic acids is 1. The molecule has 4 aliphatic rings. The van der Waals surface area contributed by atoms with Crippen LogP contribution in [-0.4, -0.2) is 53.1 Å². The first-order valence-corrected chi connectivity index (χ1v) is 11.0. The van der Waals surface area contributed by atoms with Gasteiger partial charge in [0.15, 0.2) is 0 Å². The zero-order chi connectivity index (χ0) is 17.4. The van der Waals surface area contributed by atoms with Gasteiger partial charge >= 0.3 is 6.03 Å². The van der Waals surface area contributed by atoms with E-state index in [1.54, 1.807) is 0 Å². The van der Waals surface area contributed by atoms with E-state index in [2.05, 4.69) is 29.0 Å². The molecule has 0 bridgehead atoms. The lowest BCUT2D eigenvalue weighted by atomic mass is 9.79. The molecular formula is C21H37N3O. The smallest absolute Gasteiger partial charge is 0.318 e. The highest BCUT2D eigenvalue weighted by molar-refractivity contribution is 5.78. The number of amides is 2. The minimum absolute atomic E-state index is 0.229. The summed E-state index contributed by atoms with van der Waals surface area (Å²) in [6, 6.07) is 2.44. The summed E-state index contributed by atoms with van der Waals surface area (Å²) in [6.07, 6.45) is 13.0. The highest BCUT2D eigenvalue weighted by atomic mass is 16.2. The lowest BCUT2D eigenvalue weighted by molar-refractivity contribution is 0.0605. The Kier molecular flexibility index (Phi) is 5.26. The average molecular weight is 348 g/mol. The maximum absolute atomic E-state index is 12.5. The molecule has 4 fully saturated rings. The first-order valence-electron chi connectivity index (χ1n) is 11.0. The van der Waals surface area contributed by atoms with Crippen LogP contribution in [0.2, 0.25) is 0 Å². The molecule has 1 N–H and O–H groups in total. The molecule has 2 amide bonds. The molecule has 4 rings (SSSR count). The summed E-state index contributed by atoms with van der Waals surface area (Å²) in [5.41, 5.74) is 0. The highest BCUT2D eigenvalue weighted by Gasteiger charge is 2.44. The number of hydrogen-bond donors (Lipinski definition) is 1. The second-order valence-corrected chi connectivity index (χ2v) is 9.39. The number of piperidine rings is 1. The standard InChI is InChI=1S/C21H37N3O/c1-15(2)16-7-9-17(10-8-16)23-13-11-18(12-14-23)24-20-6-4-3-5-19(20)22-21(24)25/h15-20H,3-14H2,1-2H3,(H,22,25)/t16?,17?,19-,20-/m1/s1. The Balaban J connectivity index is 1.29. The lowest BCUT2D eigenvalue weighted by Gasteiger charge is -2.44. The van der Waals surface area contributed by atoms with Crippen LogP contribution in [0.5, 0.6) is 0 Å². The summed E-state index contributed by atoms with van der Waals surface area (Å²) < 4.78 is 0. The number of carbonyl (C=O) groups is 1. The molecule has 0 aromatic carbocycles. The summed E-state index contributed by atoms with van der Waals surface area (Å²) in [7, 11) is 0. The van der Waals surface area contributed by atoms with E-state index in [0.717, 1.165) is 17.9 Å². The van der Waals surface area contributed by atoms with Crippen molar-refractivity contribution in [3.8, 4) is 0 Å². The van der Waals surface area contributed by atoms with Crippen LogP contribution < -0.4 is 5.32 Å². The van der Waals surface area contributed by atoms with Crippen LogP contribution in [0, 0.1) is 11.8 Å². The van der Waals surface area contributed by atoms with Crippen molar-refractivity contribution in [3.05, 3.63) is 0 Å². The molecule has 0 spiro atoms. The van der Waals surface area contributed by atoms with Crippen LogP contribution in [0.3, 0.4) is 0 Å². The lowest BCUT2D eigenvalue weighted by Crippen LogP contribution is -2.52. The fourth-order valence-electron chi connectivity index (χ4n) is 6.10. The molecule has 2 heterocycles. The first kappa shape index (κ1) is 17.6. The van der Waals surface area contributed by atoms with Gasteiger partial charge < -0.3 is 15.1 Å². The third-order valence-electron chi connectivity index (χ3n) is 7.72. The predicted octanol–water partition coefficient (Wildman–Crippen LogP) is 4.00. The summed E-state index contributed by atoms with van der Waals surface area (Å²) in [6.45, 7) is 7.16. The number of fused-ring (bicyclic) bond motifs is 1. The zero-order valence-corrected chi connectivity index (χ0v) is 16.3. The Morgan fingerprint density at radius 1 is 0.880 bits per heavy atom. The van der Waals surface area contributed by atoms with Gasteiger partial charge in [-0.1, -0.05) is 26.7 Å². The molecular weight excluding hydrogens is 310 g/mol. The molecule has 2 aliphatic carbocycles. The largest absolute Gasteiger partial charge is 0.333 e.